The molecule has 2 N–H and O–H groups in total. The first kappa shape index (κ1) is 15.4. The summed E-state index contributed by atoms with van der Waals surface area (Å²) >= 11 is 0. The van der Waals surface area contributed by atoms with Crippen LogP contribution in [0.5, 0.6) is 0 Å². The van der Waals surface area contributed by atoms with Crippen molar-refractivity contribution >= 4 is 11.9 Å². The van der Waals surface area contributed by atoms with Crippen LogP contribution in [0.4, 0.5) is 0 Å². The third-order valence-corrected chi connectivity index (χ3v) is 3.54. The number of carboxylic acid groups (broad SMARTS) is 1. The van der Waals surface area contributed by atoms with Crippen LogP contribution in [0.15, 0.2) is 0 Å². The number of nitrogens with zero attached hydrogens (tertiary/aromatic N) is 2. The second-order valence-corrected chi connectivity index (χ2v) is 5.05. The molecule has 1 rings (SSSR count). The highest BCUT2D eigenvalue weighted by Crippen LogP contribution is 2.35. The zero-order valence-electron chi connectivity index (χ0n) is 11.3. The Balaban J connectivity index is 2.44. The maximum Gasteiger partial charge on any atom is 0.310 e. The molecule has 1 saturated heterocycles. The van der Waals surface area contributed by atoms with E-state index in [9.17, 15) is 14.7 Å². The zero-order valence-corrected chi connectivity index (χ0v) is 11.3. The first-order valence-electron chi connectivity index (χ1n) is 6.63. The third kappa shape index (κ3) is 4.21. The molecule has 6 heteroatoms. The number of hydrogen-bond donors (Lipinski definition) is 2. The molecular weight excluding hydrogens is 246 g/mol. The van der Waals surface area contributed by atoms with E-state index in [1.54, 1.807) is 0 Å². The Hall–Kier alpha value is -1.61. The lowest BCUT2D eigenvalue weighted by atomic mass is 9.83. The summed E-state index contributed by atoms with van der Waals surface area (Å²) in [5.74, 6) is -0.908. The summed E-state index contributed by atoms with van der Waals surface area (Å²) in [6, 6.07) is 1.96. The molecule has 6 nitrogen and oxygen atoms in total. The van der Waals surface area contributed by atoms with Gasteiger partial charge < -0.3 is 10.4 Å². The van der Waals surface area contributed by atoms with Gasteiger partial charge in [0, 0.05) is 13.1 Å². The second kappa shape index (κ2) is 7.10. The van der Waals surface area contributed by atoms with Gasteiger partial charge in [-0.1, -0.05) is 13.3 Å². The number of likely N-dealkylation sites (tertiary alicyclic amines) is 1. The van der Waals surface area contributed by atoms with Crippen LogP contribution in [-0.2, 0) is 9.59 Å². The number of nitriles is 1. The minimum Gasteiger partial charge on any atom is -0.481 e. The lowest BCUT2D eigenvalue weighted by Gasteiger charge is -2.24. The lowest BCUT2D eigenvalue weighted by molar-refractivity contribution is -0.148. The van der Waals surface area contributed by atoms with Crippen molar-refractivity contribution in [3.8, 4) is 6.07 Å². The fraction of sp³-hybridized carbons (Fsp3) is 0.769. The summed E-state index contributed by atoms with van der Waals surface area (Å²) in [6.07, 6.45) is 2.37. The van der Waals surface area contributed by atoms with E-state index in [-0.39, 0.29) is 12.5 Å². The van der Waals surface area contributed by atoms with Crippen molar-refractivity contribution in [2.45, 2.75) is 32.6 Å². The van der Waals surface area contributed by atoms with Crippen LogP contribution in [-0.4, -0.2) is 48.1 Å². The number of aliphatic carboxylic acids is 1. The molecule has 0 radical (unpaired) electrons. The molecule has 1 atom stereocenters. The Bertz CT molecular complexity index is 378. The topological polar surface area (TPSA) is 93.4 Å². The van der Waals surface area contributed by atoms with Gasteiger partial charge in [0.1, 0.15) is 0 Å². The third-order valence-electron chi connectivity index (χ3n) is 3.54. The molecule has 1 aliphatic heterocycles. The van der Waals surface area contributed by atoms with Crippen molar-refractivity contribution in [3.63, 3.8) is 0 Å². The highest BCUT2D eigenvalue weighted by molar-refractivity contribution is 5.79. The fourth-order valence-corrected chi connectivity index (χ4v) is 2.57. The average Bonchev–Trinajstić information content (AvgIpc) is 2.74. The molecule has 1 unspecified atom stereocenters. The van der Waals surface area contributed by atoms with E-state index in [0.717, 1.165) is 6.42 Å². The number of carbonyl (C=O) groups is 2. The first-order chi connectivity index (χ1) is 9.04. The van der Waals surface area contributed by atoms with Gasteiger partial charge in [0.15, 0.2) is 0 Å². The molecule has 1 amide bonds. The van der Waals surface area contributed by atoms with Crippen molar-refractivity contribution in [3.05, 3.63) is 0 Å². The van der Waals surface area contributed by atoms with Gasteiger partial charge in [0.2, 0.25) is 5.91 Å². The van der Waals surface area contributed by atoms with E-state index in [1.807, 2.05) is 17.9 Å². The second-order valence-electron chi connectivity index (χ2n) is 5.05. The van der Waals surface area contributed by atoms with E-state index in [1.165, 1.54) is 0 Å². The number of carbonyl (C=O) groups excluding carboxylic acids is 1. The lowest BCUT2D eigenvalue weighted by Crippen LogP contribution is -2.39. The largest absolute Gasteiger partial charge is 0.481 e. The summed E-state index contributed by atoms with van der Waals surface area (Å²) in [6.45, 7) is 3.61. The maximum absolute atomic E-state index is 11.6. The molecule has 1 fully saturated rings. The number of rotatable bonds is 7. The van der Waals surface area contributed by atoms with Crippen LogP contribution >= 0.6 is 0 Å². The van der Waals surface area contributed by atoms with Gasteiger partial charge in [0.05, 0.1) is 24.4 Å². The van der Waals surface area contributed by atoms with Crippen molar-refractivity contribution in [2.75, 3.05) is 26.2 Å². The number of nitrogens with one attached hydrogen (secondary N) is 1. The predicted molar refractivity (Wildman–Crippen MR) is 69.3 cm³/mol. The Morgan fingerprint density at radius 2 is 2.26 bits per heavy atom. The van der Waals surface area contributed by atoms with Gasteiger partial charge in [-0.2, -0.15) is 5.26 Å². The summed E-state index contributed by atoms with van der Waals surface area (Å²) in [7, 11) is 0. The molecule has 0 saturated carbocycles. The van der Waals surface area contributed by atoms with E-state index >= 15 is 0 Å². The van der Waals surface area contributed by atoms with Crippen molar-refractivity contribution < 1.29 is 14.7 Å². The van der Waals surface area contributed by atoms with Gasteiger partial charge in [-0.3, -0.25) is 14.5 Å². The van der Waals surface area contributed by atoms with Gasteiger partial charge in [-0.05, 0) is 19.4 Å². The van der Waals surface area contributed by atoms with Crippen LogP contribution in [0.1, 0.15) is 32.6 Å². The van der Waals surface area contributed by atoms with Crippen molar-refractivity contribution in [2.24, 2.45) is 5.41 Å². The molecule has 19 heavy (non-hydrogen) atoms. The number of hydrogen-bond acceptors (Lipinski definition) is 4. The Labute approximate surface area is 113 Å². The van der Waals surface area contributed by atoms with Gasteiger partial charge >= 0.3 is 5.97 Å². The van der Waals surface area contributed by atoms with Crippen molar-refractivity contribution in [1.82, 2.24) is 10.2 Å². The standard InChI is InChI=1S/C13H21N3O3/c1-2-4-13(12(18)19)5-8-16(10-13)9-11(17)15-7-3-6-14/h2-5,7-10H2,1H3,(H,15,17)(H,18,19). The Kier molecular flexibility index (Phi) is 5.77. The highest BCUT2D eigenvalue weighted by atomic mass is 16.4. The number of amides is 1. The SMILES string of the molecule is CCCC1(C(=O)O)CCN(CC(=O)NCCC#N)C1. The van der Waals surface area contributed by atoms with E-state index in [4.69, 9.17) is 5.26 Å². The Morgan fingerprint density at radius 3 is 2.84 bits per heavy atom. The van der Waals surface area contributed by atoms with Gasteiger partial charge in [-0.15, -0.1) is 0 Å². The minimum atomic E-state index is -0.762. The summed E-state index contributed by atoms with van der Waals surface area (Å²) in [5.41, 5.74) is -0.693. The molecule has 0 aliphatic carbocycles. The summed E-state index contributed by atoms with van der Waals surface area (Å²) < 4.78 is 0. The molecule has 0 spiro atoms. The Morgan fingerprint density at radius 1 is 1.53 bits per heavy atom. The van der Waals surface area contributed by atoms with Crippen LogP contribution in [0.2, 0.25) is 0 Å². The monoisotopic (exact) mass is 267 g/mol. The average molecular weight is 267 g/mol. The normalized spacial score (nSPS) is 22.9. The quantitative estimate of drug-likeness (QED) is 0.659. The van der Waals surface area contributed by atoms with Gasteiger partial charge in [0.25, 0.3) is 0 Å². The zero-order chi connectivity index (χ0) is 14.3. The summed E-state index contributed by atoms with van der Waals surface area (Å²) in [4.78, 5) is 24.9. The molecule has 0 aromatic heterocycles. The smallest absolute Gasteiger partial charge is 0.310 e. The van der Waals surface area contributed by atoms with Crippen LogP contribution in [0, 0.1) is 16.7 Å². The fourth-order valence-electron chi connectivity index (χ4n) is 2.57. The van der Waals surface area contributed by atoms with Crippen LogP contribution in [0.3, 0.4) is 0 Å². The van der Waals surface area contributed by atoms with Crippen LogP contribution in [0.25, 0.3) is 0 Å². The molecule has 1 aliphatic rings. The van der Waals surface area contributed by atoms with Gasteiger partial charge in [-0.25, -0.2) is 0 Å². The minimum absolute atomic E-state index is 0.145. The van der Waals surface area contributed by atoms with E-state index in [0.29, 0.717) is 38.9 Å². The molecule has 0 aromatic carbocycles. The van der Waals surface area contributed by atoms with E-state index in [2.05, 4.69) is 5.32 Å². The molecular formula is C13H21N3O3. The van der Waals surface area contributed by atoms with E-state index < -0.39 is 11.4 Å². The van der Waals surface area contributed by atoms with Crippen molar-refractivity contribution in [1.29, 1.82) is 5.26 Å². The summed E-state index contributed by atoms with van der Waals surface area (Å²) in [5, 5.41) is 20.4. The highest BCUT2D eigenvalue weighted by Gasteiger charge is 2.44. The van der Waals surface area contributed by atoms with Crippen LogP contribution < -0.4 is 5.32 Å². The molecule has 1 heterocycles. The molecule has 106 valence electrons. The predicted octanol–water partition coefficient (Wildman–Crippen LogP) is 0.593. The number of carboxylic acids is 1. The molecule has 0 bridgehead atoms. The maximum atomic E-state index is 11.6. The first-order valence-corrected chi connectivity index (χ1v) is 6.63. The molecule has 0 aromatic rings.